The summed E-state index contributed by atoms with van der Waals surface area (Å²) in [5.74, 6) is -0.132. The average molecular weight is 521 g/mol. The predicted molar refractivity (Wildman–Crippen MR) is 145 cm³/mol. The highest BCUT2D eigenvalue weighted by molar-refractivity contribution is 7.13. The Bertz CT molecular complexity index is 1350. The van der Waals surface area contributed by atoms with Crippen molar-refractivity contribution in [2.45, 2.75) is 58.2 Å². The van der Waals surface area contributed by atoms with Gasteiger partial charge in [-0.2, -0.15) is 0 Å². The van der Waals surface area contributed by atoms with Crippen LogP contribution in [0.3, 0.4) is 0 Å². The largest absolute Gasteiger partial charge is 0.472 e. The van der Waals surface area contributed by atoms with Crippen molar-refractivity contribution in [3.63, 3.8) is 0 Å². The van der Waals surface area contributed by atoms with Crippen LogP contribution in [0.15, 0.2) is 41.9 Å². The van der Waals surface area contributed by atoms with Crippen molar-refractivity contribution in [3.8, 4) is 5.88 Å². The monoisotopic (exact) mass is 520 g/mol. The molecule has 4 heterocycles. The van der Waals surface area contributed by atoms with Crippen LogP contribution in [0.25, 0.3) is 16.8 Å². The standard InChI is InChI=1S/C28H32N4O4S/c1-28(2,3)23-25(33)32-15-20(14-22(32)26(34)35-4)36-24-21-13-17(9-10-18(21)11-12-29-24)7-5-6-8-19-16-37-27(30-19)31-23/h5,7,9-13,16,20,22-23H,6,8,14-15H2,1-4H3,(H,30,31)/b7-5+/t20-,22+,23-/m1/s1. The van der Waals surface area contributed by atoms with Crippen LogP contribution < -0.4 is 10.1 Å². The van der Waals surface area contributed by atoms with Gasteiger partial charge in [0.1, 0.15) is 18.2 Å². The van der Waals surface area contributed by atoms with Crippen molar-refractivity contribution in [2.75, 3.05) is 19.0 Å². The predicted octanol–water partition coefficient (Wildman–Crippen LogP) is 4.70. The van der Waals surface area contributed by atoms with Gasteiger partial charge in [0.05, 0.1) is 19.3 Å². The molecule has 2 aliphatic rings. The average Bonchev–Trinajstić information content (AvgIpc) is 3.50. The summed E-state index contributed by atoms with van der Waals surface area (Å²) in [7, 11) is 1.35. The summed E-state index contributed by atoms with van der Waals surface area (Å²) < 4.78 is 11.4. The van der Waals surface area contributed by atoms with Crippen LogP contribution in [-0.2, 0) is 20.7 Å². The van der Waals surface area contributed by atoms with E-state index in [4.69, 9.17) is 14.5 Å². The van der Waals surface area contributed by atoms with Crippen molar-refractivity contribution in [1.82, 2.24) is 14.9 Å². The van der Waals surface area contributed by atoms with Crippen LogP contribution >= 0.6 is 11.3 Å². The molecule has 3 aromatic rings. The van der Waals surface area contributed by atoms with E-state index in [0.717, 1.165) is 34.9 Å². The number of allylic oxidation sites excluding steroid dienone is 1. The highest BCUT2D eigenvalue weighted by Crippen LogP contribution is 2.33. The Morgan fingerprint density at radius 2 is 2.11 bits per heavy atom. The van der Waals surface area contributed by atoms with Gasteiger partial charge in [-0.3, -0.25) is 4.79 Å². The summed E-state index contributed by atoms with van der Waals surface area (Å²) in [6.45, 7) is 6.27. The number of aryl methyl sites for hydroxylation is 1. The van der Waals surface area contributed by atoms with E-state index in [1.165, 1.54) is 18.4 Å². The molecule has 1 aromatic carbocycles. The van der Waals surface area contributed by atoms with Gasteiger partial charge in [0.25, 0.3) is 0 Å². The Labute approximate surface area is 220 Å². The van der Waals surface area contributed by atoms with E-state index in [1.807, 2.05) is 32.2 Å². The molecule has 194 valence electrons. The number of carbonyl (C=O) groups is 2. The molecule has 1 fully saturated rings. The number of rotatable bonds is 1. The van der Waals surface area contributed by atoms with Gasteiger partial charge in [-0.1, -0.05) is 45.1 Å². The molecule has 0 aliphatic carbocycles. The van der Waals surface area contributed by atoms with Crippen LogP contribution in [0.1, 0.15) is 44.9 Å². The van der Waals surface area contributed by atoms with E-state index in [1.54, 1.807) is 11.1 Å². The van der Waals surface area contributed by atoms with Crippen LogP contribution in [0.5, 0.6) is 5.88 Å². The molecule has 2 aliphatic heterocycles. The van der Waals surface area contributed by atoms with E-state index in [0.29, 0.717) is 17.4 Å². The molecular weight excluding hydrogens is 488 g/mol. The van der Waals surface area contributed by atoms with Crippen molar-refractivity contribution < 1.29 is 19.1 Å². The van der Waals surface area contributed by atoms with Crippen LogP contribution in [-0.4, -0.2) is 58.6 Å². The smallest absolute Gasteiger partial charge is 0.328 e. The van der Waals surface area contributed by atoms with Gasteiger partial charge in [-0.15, -0.1) is 11.3 Å². The second-order valence-electron chi connectivity index (χ2n) is 10.6. The Hall–Kier alpha value is -3.46. The quantitative estimate of drug-likeness (QED) is 0.465. The lowest BCUT2D eigenvalue weighted by Crippen LogP contribution is -2.52. The zero-order valence-corrected chi connectivity index (χ0v) is 22.4. The Morgan fingerprint density at radius 1 is 1.27 bits per heavy atom. The highest BCUT2D eigenvalue weighted by atomic mass is 32.1. The number of carbonyl (C=O) groups excluding carboxylic acids is 2. The number of hydrogen-bond acceptors (Lipinski definition) is 8. The number of methoxy groups -OCH3 is 1. The number of thiazole rings is 1. The maximum Gasteiger partial charge on any atom is 0.328 e. The van der Waals surface area contributed by atoms with Gasteiger partial charge in [0.15, 0.2) is 5.13 Å². The molecule has 37 heavy (non-hydrogen) atoms. The number of amides is 1. The van der Waals surface area contributed by atoms with Crippen LogP contribution in [0.2, 0.25) is 0 Å². The summed E-state index contributed by atoms with van der Waals surface area (Å²) in [6, 6.07) is 6.81. The van der Waals surface area contributed by atoms with Crippen LogP contribution in [0.4, 0.5) is 5.13 Å². The van der Waals surface area contributed by atoms with E-state index < -0.39 is 29.6 Å². The van der Waals surface area contributed by atoms with Gasteiger partial charge in [-0.25, -0.2) is 14.8 Å². The van der Waals surface area contributed by atoms with Crippen LogP contribution in [0, 0.1) is 5.41 Å². The second kappa shape index (κ2) is 10.1. The third-order valence-electron chi connectivity index (χ3n) is 6.86. The molecule has 9 heteroatoms. The zero-order chi connectivity index (χ0) is 26.2. The molecule has 0 saturated carbocycles. The number of esters is 1. The molecule has 0 radical (unpaired) electrons. The van der Waals surface area contributed by atoms with E-state index in [-0.39, 0.29) is 12.5 Å². The third kappa shape index (κ3) is 5.32. The molecule has 8 nitrogen and oxygen atoms in total. The van der Waals surface area contributed by atoms with Gasteiger partial charge < -0.3 is 19.7 Å². The molecule has 1 N–H and O–H groups in total. The molecule has 5 rings (SSSR count). The summed E-state index contributed by atoms with van der Waals surface area (Å²) in [6.07, 6.45) is 7.52. The molecular formula is C28H32N4O4S. The number of aromatic nitrogens is 2. The SMILES string of the molecule is COC(=O)[C@@H]1C[C@@H]2CN1C(=O)[C@H](C(C)(C)C)Nc1nc(cs1)CC/C=C/c1ccc3ccnc(c3c1)O2. The normalized spacial score (nSPS) is 23.2. The van der Waals surface area contributed by atoms with Gasteiger partial charge in [0, 0.05) is 23.4 Å². The molecule has 0 spiro atoms. The fourth-order valence-electron chi connectivity index (χ4n) is 4.88. The number of ether oxygens (including phenoxy) is 2. The minimum absolute atomic E-state index is 0.178. The minimum atomic E-state index is -0.739. The van der Waals surface area contributed by atoms with E-state index in [2.05, 4.69) is 40.7 Å². The fourth-order valence-corrected chi connectivity index (χ4v) is 5.65. The number of nitrogens with zero attached hydrogens (tertiary/aromatic N) is 3. The molecule has 1 amide bonds. The first-order chi connectivity index (χ1) is 17.7. The third-order valence-corrected chi connectivity index (χ3v) is 7.68. The molecule has 2 aromatic heterocycles. The summed E-state index contributed by atoms with van der Waals surface area (Å²) in [5, 5.41) is 7.99. The highest BCUT2D eigenvalue weighted by Gasteiger charge is 2.46. The molecule has 3 atom stereocenters. The first-order valence-corrected chi connectivity index (χ1v) is 13.4. The summed E-state index contributed by atoms with van der Waals surface area (Å²) >= 11 is 1.49. The summed E-state index contributed by atoms with van der Waals surface area (Å²) in [4.78, 5) is 37.6. The number of benzene rings is 1. The second-order valence-corrected chi connectivity index (χ2v) is 11.5. The molecule has 1 saturated heterocycles. The Morgan fingerprint density at radius 3 is 2.89 bits per heavy atom. The maximum atomic E-state index is 14.0. The molecule has 0 unspecified atom stereocenters. The van der Waals surface area contributed by atoms with Crippen molar-refractivity contribution in [1.29, 1.82) is 0 Å². The van der Waals surface area contributed by atoms with E-state index in [9.17, 15) is 9.59 Å². The zero-order valence-electron chi connectivity index (χ0n) is 21.6. The lowest BCUT2D eigenvalue weighted by Gasteiger charge is -2.35. The van der Waals surface area contributed by atoms with Gasteiger partial charge >= 0.3 is 5.97 Å². The van der Waals surface area contributed by atoms with Gasteiger partial charge in [-0.05, 0) is 41.3 Å². The Balaban J connectivity index is 1.57. The number of nitrogens with one attached hydrogen (secondary N) is 1. The maximum absolute atomic E-state index is 14.0. The lowest BCUT2D eigenvalue weighted by atomic mass is 9.85. The van der Waals surface area contributed by atoms with Crippen molar-refractivity contribution in [3.05, 3.63) is 53.2 Å². The summed E-state index contributed by atoms with van der Waals surface area (Å²) in [5.41, 5.74) is 1.60. The van der Waals surface area contributed by atoms with Crippen molar-refractivity contribution in [2.24, 2.45) is 5.41 Å². The number of fused-ring (bicyclic) bond motifs is 5. The number of anilines is 1. The number of hydrogen-bond donors (Lipinski definition) is 1. The Kier molecular flexibility index (Phi) is 6.90. The minimum Gasteiger partial charge on any atom is -0.472 e. The number of pyridine rings is 1. The van der Waals surface area contributed by atoms with Crippen molar-refractivity contribution >= 4 is 45.2 Å². The molecule has 6 bridgehead atoms. The topological polar surface area (TPSA) is 93.7 Å². The lowest BCUT2D eigenvalue weighted by molar-refractivity contribution is -0.151. The van der Waals surface area contributed by atoms with Gasteiger partial charge in [0.2, 0.25) is 11.8 Å². The first-order valence-electron chi connectivity index (χ1n) is 12.5. The van der Waals surface area contributed by atoms with E-state index >= 15 is 0 Å². The fraction of sp³-hybridized carbons (Fsp3) is 0.429. The first kappa shape index (κ1) is 25.2.